The average Bonchev–Trinajstić information content (AvgIpc) is 2.66. The molecule has 0 saturated heterocycles. The highest BCUT2D eigenvalue weighted by Gasteiger charge is 2.36. The monoisotopic (exact) mass is 398 g/mol. The van der Waals surface area contributed by atoms with Crippen LogP contribution in [0.15, 0.2) is 23.8 Å². The zero-order valence-corrected chi connectivity index (χ0v) is 17.8. The van der Waals surface area contributed by atoms with Crippen LogP contribution in [0.3, 0.4) is 0 Å². The molecule has 0 bridgehead atoms. The van der Waals surface area contributed by atoms with Crippen LogP contribution in [0.25, 0.3) is 0 Å². The minimum absolute atomic E-state index is 0.112. The van der Waals surface area contributed by atoms with E-state index < -0.39 is 5.97 Å². The van der Waals surface area contributed by atoms with Gasteiger partial charge in [-0.15, -0.1) is 0 Å². The summed E-state index contributed by atoms with van der Waals surface area (Å²) in [6.07, 6.45) is 2.04. The second-order valence-electron chi connectivity index (χ2n) is 7.29. The summed E-state index contributed by atoms with van der Waals surface area (Å²) in [5.41, 5.74) is 4.22. The van der Waals surface area contributed by atoms with E-state index in [2.05, 4.69) is 0 Å². The number of esters is 1. The van der Waals surface area contributed by atoms with E-state index in [1.165, 1.54) is 14.2 Å². The molecule has 6 heteroatoms. The van der Waals surface area contributed by atoms with Crippen LogP contribution in [0.2, 0.25) is 0 Å². The smallest absolute Gasteiger partial charge is 0.341 e. The minimum Gasteiger partial charge on any atom is -0.507 e. The van der Waals surface area contributed by atoms with Crippen molar-refractivity contribution in [2.45, 2.75) is 33.6 Å². The normalized spacial score (nSPS) is 14.2. The third-order valence-corrected chi connectivity index (χ3v) is 5.14. The van der Waals surface area contributed by atoms with Crippen molar-refractivity contribution in [3.05, 3.63) is 51.6 Å². The molecule has 1 heterocycles. The Morgan fingerprint density at radius 1 is 1.10 bits per heavy atom. The Kier molecular flexibility index (Phi) is 5.46. The van der Waals surface area contributed by atoms with Gasteiger partial charge in [-0.05, 0) is 44.9 Å². The van der Waals surface area contributed by atoms with Gasteiger partial charge in [0, 0.05) is 17.5 Å². The van der Waals surface area contributed by atoms with Gasteiger partial charge in [0.15, 0.2) is 11.5 Å². The second-order valence-corrected chi connectivity index (χ2v) is 7.29. The molecule has 0 fully saturated rings. The molecule has 0 aliphatic carbocycles. The van der Waals surface area contributed by atoms with Gasteiger partial charge in [-0.3, -0.25) is 0 Å². The van der Waals surface area contributed by atoms with Gasteiger partial charge in [-0.1, -0.05) is 11.6 Å². The lowest BCUT2D eigenvalue weighted by atomic mass is 9.81. The topological polar surface area (TPSA) is 74.2 Å². The minimum atomic E-state index is -0.491. The lowest BCUT2D eigenvalue weighted by molar-refractivity contribution is 0.0596. The molecular formula is C23H26O6. The zero-order chi connectivity index (χ0) is 21.5. The van der Waals surface area contributed by atoms with Crippen LogP contribution in [0, 0.1) is 13.8 Å². The lowest BCUT2D eigenvalue weighted by Crippen LogP contribution is -2.16. The number of hydrogen-bond donors (Lipinski definition) is 1. The Balaban J connectivity index is 2.42. The number of carbonyl (C=O) groups excluding carboxylic acids is 1. The Morgan fingerprint density at radius 2 is 1.79 bits per heavy atom. The van der Waals surface area contributed by atoms with Crippen LogP contribution < -0.4 is 14.2 Å². The maximum absolute atomic E-state index is 12.5. The molecule has 0 saturated carbocycles. The molecule has 1 atom stereocenters. The summed E-state index contributed by atoms with van der Waals surface area (Å²) in [6.45, 7) is 7.64. The van der Waals surface area contributed by atoms with E-state index in [0.29, 0.717) is 39.7 Å². The summed E-state index contributed by atoms with van der Waals surface area (Å²) in [4.78, 5) is 12.5. The van der Waals surface area contributed by atoms with Gasteiger partial charge in [-0.25, -0.2) is 4.79 Å². The Labute approximate surface area is 170 Å². The maximum Gasteiger partial charge on any atom is 0.341 e. The molecule has 6 nitrogen and oxygen atoms in total. The van der Waals surface area contributed by atoms with Crippen LogP contribution >= 0.6 is 0 Å². The standard InChI is InChI=1S/C23H26O6/c1-11(2)8-14-18-13(4)19(23(25)28-7)16(26-5)10-17(18)29-22-20(14)15(24)9-12(3)21(22)27-6/h8-10,14,24H,1-7H3/t14-/m1/s1. The maximum atomic E-state index is 12.5. The number of aromatic hydroxyl groups is 1. The Morgan fingerprint density at radius 3 is 2.34 bits per heavy atom. The number of methoxy groups -OCH3 is 3. The van der Waals surface area contributed by atoms with Gasteiger partial charge >= 0.3 is 5.97 Å². The number of ether oxygens (including phenoxy) is 4. The van der Waals surface area contributed by atoms with Gasteiger partial charge < -0.3 is 24.1 Å². The summed E-state index contributed by atoms with van der Waals surface area (Å²) in [6, 6.07) is 3.35. The van der Waals surface area contributed by atoms with E-state index in [0.717, 1.165) is 16.7 Å². The Bertz CT molecular complexity index is 1020. The summed E-state index contributed by atoms with van der Waals surface area (Å²) >= 11 is 0. The van der Waals surface area contributed by atoms with Crippen molar-refractivity contribution >= 4 is 5.97 Å². The number of phenols is 1. The van der Waals surface area contributed by atoms with Crippen molar-refractivity contribution < 1.29 is 28.8 Å². The first kappa shape index (κ1) is 20.6. The summed E-state index contributed by atoms with van der Waals surface area (Å²) in [5.74, 6) is 1.23. The molecule has 1 N–H and O–H groups in total. The quantitative estimate of drug-likeness (QED) is 0.576. The molecule has 2 aromatic rings. The lowest BCUT2D eigenvalue weighted by Gasteiger charge is -2.31. The number of carbonyl (C=O) groups is 1. The van der Waals surface area contributed by atoms with E-state index in [1.54, 1.807) is 19.2 Å². The number of fused-ring (bicyclic) bond motifs is 2. The van der Waals surface area contributed by atoms with Gasteiger partial charge in [-0.2, -0.15) is 0 Å². The summed E-state index contributed by atoms with van der Waals surface area (Å²) in [5, 5.41) is 10.8. The molecule has 2 aromatic carbocycles. The first-order valence-corrected chi connectivity index (χ1v) is 9.28. The number of benzene rings is 2. The van der Waals surface area contributed by atoms with Crippen molar-refractivity contribution in [1.29, 1.82) is 0 Å². The van der Waals surface area contributed by atoms with Crippen molar-refractivity contribution in [2.24, 2.45) is 0 Å². The van der Waals surface area contributed by atoms with Crippen LogP contribution in [0.1, 0.15) is 52.4 Å². The van der Waals surface area contributed by atoms with Crippen molar-refractivity contribution in [3.63, 3.8) is 0 Å². The predicted molar refractivity (Wildman–Crippen MR) is 110 cm³/mol. The molecule has 3 rings (SSSR count). The predicted octanol–water partition coefficient (Wildman–Crippen LogP) is 5.02. The molecule has 29 heavy (non-hydrogen) atoms. The molecule has 154 valence electrons. The van der Waals surface area contributed by atoms with Crippen LogP contribution in [0.4, 0.5) is 0 Å². The van der Waals surface area contributed by atoms with E-state index in [1.807, 2.05) is 33.8 Å². The van der Waals surface area contributed by atoms with Crippen molar-refractivity contribution in [1.82, 2.24) is 0 Å². The van der Waals surface area contributed by atoms with E-state index in [-0.39, 0.29) is 11.7 Å². The largest absolute Gasteiger partial charge is 0.507 e. The fourth-order valence-corrected chi connectivity index (χ4v) is 3.94. The highest BCUT2D eigenvalue weighted by atomic mass is 16.5. The molecule has 0 aromatic heterocycles. The molecule has 0 spiro atoms. The molecule has 1 aliphatic rings. The number of allylic oxidation sites excluding steroid dienone is 2. The third kappa shape index (κ3) is 3.28. The number of phenolic OH excluding ortho intramolecular Hbond substituents is 1. The van der Waals surface area contributed by atoms with Crippen LogP contribution in [-0.2, 0) is 4.74 Å². The van der Waals surface area contributed by atoms with Crippen LogP contribution in [-0.4, -0.2) is 32.4 Å². The van der Waals surface area contributed by atoms with Crippen molar-refractivity contribution in [2.75, 3.05) is 21.3 Å². The first-order chi connectivity index (χ1) is 13.7. The number of hydrogen-bond acceptors (Lipinski definition) is 6. The van der Waals surface area contributed by atoms with Gasteiger partial charge in [0.25, 0.3) is 0 Å². The fraction of sp³-hybridized carbons (Fsp3) is 0.348. The number of aryl methyl sites for hydroxylation is 1. The summed E-state index contributed by atoms with van der Waals surface area (Å²) in [7, 11) is 4.40. The first-order valence-electron chi connectivity index (χ1n) is 9.28. The number of rotatable bonds is 4. The molecule has 0 amide bonds. The van der Waals surface area contributed by atoms with Gasteiger partial charge in [0.2, 0.25) is 0 Å². The average molecular weight is 398 g/mol. The second kappa shape index (κ2) is 7.70. The Hall–Kier alpha value is -3.15. The van der Waals surface area contributed by atoms with E-state index in [4.69, 9.17) is 18.9 Å². The van der Waals surface area contributed by atoms with Gasteiger partial charge in [0.1, 0.15) is 22.8 Å². The molecule has 1 aliphatic heterocycles. The van der Waals surface area contributed by atoms with Crippen LogP contribution in [0.5, 0.6) is 28.7 Å². The zero-order valence-electron chi connectivity index (χ0n) is 17.8. The fourth-order valence-electron chi connectivity index (χ4n) is 3.94. The summed E-state index contributed by atoms with van der Waals surface area (Å²) < 4.78 is 22.2. The van der Waals surface area contributed by atoms with E-state index in [9.17, 15) is 9.90 Å². The SMILES string of the molecule is COC(=O)c1c(OC)cc2c(c1C)[C@@H](C=C(C)C)c1c(O)cc(C)c(OC)c1O2. The van der Waals surface area contributed by atoms with E-state index >= 15 is 0 Å². The highest BCUT2D eigenvalue weighted by molar-refractivity contribution is 5.95. The molecule has 0 unspecified atom stereocenters. The third-order valence-electron chi connectivity index (χ3n) is 5.14. The molecular weight excluding hydrogens is 372 g/mol. The van der Waals surface area contributed by atoms with Crippen molar-refractivity contribution in [3.8, 4) is 28.7 Å². The molecule has 0 radical (unpaired) electrons. The highest BCUT2D eigenvalue weighted by Crippen LogP contribution is 2.55. The van der Waals surface area contributed by atoms with Gasteiger partial charge in [0.05, 0.1) is 26.9 Å².